The van der Waals surface area contributed by atoms with Gasteiger partial charge in [0.15, 0.2) is 0 Å². The largest absolute Gasteiger partial charge is 0.367 e. The molecule has 3 heterocycles. The molecule has 2 aliphatic heterocycles. The zero-order valence-corrected chi connectivity index (χ0v) is 19.6. The quantitative estimate of drug-likeness (QED) is 0.605. The van der Waals surface area contributed by atoms with Crippen molar-refractivity contribution in [1.29, 1.82) is 0 Å². The zero-order chi connectivity index (χ0) is 23.2. The molecular weight excluding hydrogens is 414 g/mol. The molecule has 7 nitrogen and oxygen atoms in total. The first-order valence-corrected chi connectivity index (χ1v) is 12.1. The van der Waals surface area contributed by atoms with Crippen LogP contribution in [-0.4, -0.2) is 58.8 Å². The second kappa shape index (κ2) is 10.8. The number of unbranched alkanes of at least 4 members (excludes halogenated alkanes) is 1. The number of rotatable bonds is 8. The maximum atomic E-state index is 13.2. The molecule has 1 aromatic heterocycles. The van der Waals surface area contributed by atoms with E-state index in [0.29, 0.717) is 6.54 Å². The molecule has 176 valence electrons. The van der Waals surface area contributed by atoms with Crippen molar-refractivity contribution in [3.05, 3.63) is 58.8 Å². The molecule has 7 heteroatoms. The van der Waals surface area contributed by atoms with Crippen molar-refractivity contribution in [3.63, 3.8) is 0 Å². The Kier molecular flexibility index (Phi) is 7.60. The Morgan fingerprint density at radius 3 is 2.64 bits per heavy atom. The van der Waals surface area contributed by atoms with Crippen LogP contribution in [0.2, 0.25) is 0 Å². The van der Waals surface area contributed by atoms with E-state index in [0.717, 1.165) is 81.6 Å². The number of nitrogens with one attached hydrogen (secondary N) is 1. The van der Waals surface area contributed by atoms with Gasteiger partial charge in [0.1, 0.15) is 5.82 Å². The van der Waals surface area contributed by atoms with Crippen LogP contribution in [0.25, 0.3) is 0 Å². The fraction of sp³-hybridized carbons (Fsp3) is 0.500. The minimum absolute atomic E-state index is 0.107. The molecular formula is C26H35N5O2. The van der Waals surface area contributed by atoms with Gasteiger partial charge < -0.3 is 20.9 Å². The first-order chi connectivity index (χ1) is 16.0. The highest BCUT2D eigenvalue weighted by Crippen LogP contribution is 2.23. The zero-order valence-electron chi connectivity index (χ0n) is 19.6. The smallest absolute Gasteiger partial charge is 0.254 e. The molecule has 33 heavy (non-hydrogen) atoms. The number of nitrogens with zero attached hydrogens (tertiary/aromatic N) is 3. The van der Waals surface area contributed by atoms with E-state index in [4.69, 9.17) is 5.73 Å². The van der Waals surface area contributed by atoms with Crippen LogP contribution in [0.5, 0.6) is 0 Å². The molecule has 3 N–H and O–H groups in total. The summed E-state index contributed by atoms with van der Waals surface area (Å²) in [7, 11) is 0. The molecule has 0 saturated carbocycles. The number of carbonyl (C=O) groups excluding carboxylic acids is 2. The van der Waals surface area contributed by atoms with Crippen LogP contribution in [0.4, 0.5) is 5.82 Å². The number of aryl methyl sites for hydroxylation is 1. The van der Waals surface area contributed by atoms with Gasteiger partial charge in [-0.2, -0.15) is 0 Å². The molecule has 0 unspecified atom stereocenters. The standard InChI is InChI=1S/C26H35N5O2/c1-19(32)30-14-10-23(11-15-30)29-25-16-24-22(18-28-25)9-13-31(26(24)33)12-5-4-7-20-6-2-3-8-21(20)17-27/h2-3,6,8,16,18,23H,4-5,7,9-15,17,27H2,1H3,(H,28,29). The molecule has 0 bridgehead atoms. The Hall–Kier alpha value is -2.93. The summed E-state index contributed by atoms with van der Waals surface area (Å²) in [6.07, 6.45) is 7.49. The Labute approximate surface area is 196 Å². The third-order valence-electron chi connectivity index (χ3n) is 6.91. The number of piperidine rings is 1. The van der Waals surface area contributed by atoms with Crippen LogP contribution in [0.1, 0.15) is 59.7 Å². The number of amides is 2. The molecule has 2 aliphatic rings. The van der Waals surface area contributed by atoms with E-state index in [1.165, 1.54) is 11.1 Å². The monoisotopic (exact) mass is 449 g/mol. The van der Waals surface area contributed by atoms with Crippen LogP contribution in [0, 0.1) is 0 Å². The summed E-state index contributed by atoms with van der Waals surface area (Å²) in [5.41, 5.74) is 10.2. The topological polar surface area (TPSA) is 91.6 Å². The number of anilines is 1. The molecule has 0 aliphatic carbocycles. The second-order valence-electron chi connectivity index (χ2n) is 9.12. The average Bonchev–Trinajstić information content (AvgIpc) is 2.84. The van der Waals surface area contributed by atoms with Crippen molar-refractivity contribution in [2.45, 2.75) is 58.0 Å². The molecule has 1 saturated heterocycles. The van der Waals surface area contributed by atoms with E-state index in [1.807, 2.05) is 28.1 Å². The normalized spacial score (nSPS) is 16.6. The summed E-state index contributed by atoms with van der Waals surface area (Å²) in [6.45, 7) is 5.24. The van der Waals surface area contributed by atoms with E-state index >= 15 is 0 Å². The van der Waals surface area contributed by atoms with E-state index < -0.39 is 0 Å². The fourth-order valence-corrected chi connectivity index (χ4v) is 4.87. The van der Waals surface area contributed by atoms with Crippen LogP contribution >= 0.6 is 0 Å². The Morgan fingerprint density at radius 2 is 1.91 bits per heavy atom. The van der Waals surface area contributed by atoms with E-state index in [1.54, 1.807) is 6.92 Å². The minimum Gasteiger partial charge on any atom is -0.367 e. The van der Waals surface area contributed by atoms with Gasteiger partial charge in [0.2, 0.25) is 5.91 Å². The van der Waals surface area contributed by atoms with Crippen LogP contribution in [-0.2, 0) is 24.2 Å². The first kappa shape index (κ1) is 23.2. The van der Waals surface area contributed by atoms with E-state index in [9.17, 15) is 9.59 Å². The number of pyridine rings is 1. The van der Waals surface area contributed by atoms with Crippen molar-refractivity contribution in [2.75, 3.05) is 31.5 Å². The Bertz CT molecular complexity index is 984. The molecule has 0 radical (unpaired) electrons. The summed E-state index contributed by atoms with van der Waals surface area (Å²) < 4.78 is 0. The Morgan fingerprint density at radius 1 is 1.15 bits per heavy atom. The van der Waals surface area contributed by atoms with Gasteiger partial charge in [-0.05, 0) is 61.3 Å². The molecule has 2 aromatic rings. The van der Waals surface area contributed by atoms with Crippen molar-refractivity contribution >= 4 is 17.6 Å². The summed E-state index contributed by atoms with van der Waals surface area (Å²) in [6, 6.07) is 10.5. The average molecular weight is 450 g/mol. The van der Waals surface area contributed by atoms with Crippen molar-refractivity contribution in [3.8, 4) is 0 Å². The summed E-state index contributed by atoms with van der Waals surface area (Å²) in [5, 5.41) is 3.48. The SMILES string of the molecule is CC(=O)N1CCC(Nc2cc3c(cn2)CCN(CCCCc2ccccc2CN)C3=O)CC1. The van der Waals surface area contributed by atoms with Crippen LogP contribution in [0.3, 0.4) is 0 Å². The highest BCUT2D eigenvalue weighted by atomic mass is 16.2. The number of benzene rings is 1. The van der Waals surface area contributed by atoms with Gasteiger partial charge in [0, 0.05) is 57.4 Å². The van der Waals surface area contributed by atoms with Crippen LogP contribution < -0.4 is 11.1 Å². The van der Waals surface area contributed by atoms with Gasteiger partial charge in [0.25, 0.3) is 5.91 Å². The van der Waals surface area contributed by atoms with Gasteiger partial charge in [-0.25, -0.2) is 4.98 Å². The molecule has 4 rings (SSSR count). The lowest BCUT2D eigenvalue weighted by molar-refractivity contribution is -0.129. The molecule has 2 amide bonds. The predicted octanol–water partition coefficient (Wildman–Crippen LogP) is 2.98. The second-order valence-corrected chi connectivity index (χ2v) is 9.12. The Balaban J connectivity index is 1.30. The molecule has 0 spiro atoms. The number of carbonyl (C=O) groups is 2. The minimum atomic E-state index is 0.107. The number of aromatic nitrogens is 1. The number of fused-ring (bicyclic) bond motifs is 1. The van der Waals surface area contributed by atoms with Gasteiger partial charge >= 0.3 is 0 Å². The van der Waals surface area contributed by atoms with Crippen molar-refractivity contribution in [1.82, 2.24) is 14.8 Å². The number of hydrogen-bond acceptors (Lipinski definition) is 5. The molecule has 1 aromatic carbocycles. The van der Waals surface area contributed by atoms with Gasteiger partial charge in [-0.15, -0.1) is 0 Å². The third kappa shape index (κ3) is 5.71. The molecule has 0 atom stereocenters. The summed E-state index contributed by atoms with van der Waals surface area (Å²) in [4.78, 5) is 33.1. The van der Waals surface area contributed by atoms with Crippen molar-refractivity contribution in [2.24, 2.45) is 5.73 Å². The van der Waals surface area contributed by atoms with E-state index in [2.05, 4.69) is 28.5 Å². The predicted molar refractivity (Wildman–Crippen MR) is 130 cm³/mol. The summed E-state index contributed by atoms with van der Waals surface area (Å²) in [5.74, 6) is 0.994. The number of hydrogen-bond donors (Lipinski definition) is 2. The third-order valence-corrected chi connectivity index (χ3v) is 6.91. The lowest BCUT2D eigenvalue weighted by Crippen LogP contribution is -2.41. The highest BCUT2D eigenvalue weighted by molar-refractivity contribution is 5.97. The number of likely N-dealkylation sites (tertiary alicyclic amines) is 1. The van der Waals surface area contributed by atoms with Crippen molar-refractivity contribution < 1.29 is 9.59 Å². The lowest BCUT2D eigenvalue weighted by atomic mass is 9.99. The van der Waals surface area contributed by atoms with E-state index in [-0.39, 0.29) is 17.9 Å². The lowest BCUT2D eigenvalue weighted by Gasteiger charge is -2.32. The van der Waals surface area contributed by atoms with Gasteiger partial charge in [-0.3, -0.25) is 9.59 Å². The van der Waals surface area contributed by atoms with Gasteiger partial charge in [0.05, 0.1) is 0 Å². The number of nitrogens with two attached hydrogens (primary N) is 1. The fourth-order valence-electron chi connectivity index (χ4n) is 4.87. The first-order valence-electron chi connectivity index (χ1n) is 12.1. The molecule has 1 fully saturated rings. The highest BCUT2D eigenvalue weighted by Gasteiger charge is 2.26. The van der Waals surface area contributed by atoms with Gasteiger partial charge in [-0.1, -0.05) is 24.3 Å². The summed E-state index contributed by atoms with van der Waals surface area (Å²) >= 11 is 0. The maximum absolute atomic E-state index is 13.2. The van der Waals surface area contributed by atoms with Crippen LogP contribution in [0.15, 0.2) is 36.5 Å². The maximum Gasteiger partial charge on any atom is 0.254 e.